The molecule has 0 bridgehead atoms. The fourth-order valence-corrected chi connectivity index (χ4v) is 11.2. The number of nitrogens with two attached hydrogens (primary N) is 7. The molecule has 9 rings (SSSR count). The number of rotatable bonds is 27. The molecule has 6 heterocycles. The number of carbonyl (C=O) groups is 6. The molecule has 3 aliphatic rings. The number of benzene rings is 3. The Morgan fingerprint density at radius 1 is 0.551 bits per heavy atom. The predicted octanol–water partition coefficient (Wildman–Crippen LogP) is 6.73. The first-order valence-electron chi connectivity index (χ1n) is 32.4. The maximum absolute atomic E-state index is 14.5. The van der Waals surface area contributed by atoms with E-state index in [1.54, 1.807) is 60.7 Å². The predicted molar refractivity (Wildman–Crippen MR) is 369 cm³/mol. The van der Waals surface area contributed by atoms with Gasteiger partial charge in [0.25, 0.3) is 0 Å². The van der Waals surface area contributed by atoms with Crippen molar-refractivity contribution in [3.05, 3.63) is 108 Å². The summed E-state index contributed by atoms with van der Waals surface area (Å²) in [6, 6.07) is 24.1. The van der Waals surface area contributed by atoms with Crippen molar-refractivity contribution in [3.8, 4) is 17.2 Å². The van der Waals surface area contributed by atoms with E-state index in [0.29, 0.717) is 71.5 Å². The topological polar surface area (TPSA) is 474 Å². The van der Waals surface area contributed by atoms with Crippen LogP contribution < -0.4 is 70.3 Å². The third-order valence-corrected chi connectivity index (χ3v) is 16.7. The normalized spacial score (nSPS) is 17.9. The van der Waals surface area contributed by atoms with Gasteiger partial charge in [-0.05, 0) is 162 Å². The van der Waals surface area contributed by atoms with Crippen molar-refractivity contribution in [2.75, 3.05) is 106 Å². The standard InChI is InChI=1S/C66H85N23O9/c1-39(69)63(92)78-56-24-19-47(61(72)76-56)83-81-45-17-14-40(36-88-30-32-89(33-31-88)38-59(91)96-52-13-5-4-11-44(52)80-82-46-20-25-57(77-62(46)73)79-64(93)43(70)10-6-8-27-67)34-54(45)98-66(95)51-21-15-42(37-87(51)3)41-16-22-53(97-65(94)50-12-7-9-29-86(50)2)49(35-41)85-84-48-18-23-55(75-60(48)71)74-58(90)26-28-68/h4-5,11,13-14,16-20,22-25,34-35,39,42-43,50-51H,6-10,12,15,21,26-33,36-38,67-70H2,1-3H3,(H3,71,74,75,90)(H3,72,76,78,92)(H3,73,77,79,93)/b82-80+,83-81+,85-84+/t39-,42?,43-,50-,51-/m0/s1. The van der Waals surface area contributed by atoms with E-state index >= 15 is 0 Å². The van der Waals surface area contributed by atoms with Crippen LogP contribution in [0.5, 0.6) is 17.2 Å². The molecule has 0 spiro atoms. The number of amides is 3. The second kappa shape index (κ2) is 34.7. The lowest BCUT2D eigenvalue weighted by Gasteiger charge is -2.36. The SMILES string of the molecule is C[C@H](N)C(=O)Nc1ccc(/N=N/c2ccc(CN3CCN(CC(=O)Oc4ccccc4/N=N/c4ccc(NC(=O)[C@@H](N)CCCCN)nc4N)CC3)cc2OC(=O)[C@@H]2CCC(c3ccc(OC(=O)[C@@H]4CCCCN4C)c(/N=N/c4ccc(NC(=O)CCN)nc4N)c3)CN2C)c(N)n1. The zero-order chi connectivity index (χ0) is 69.8. The summed E-state index contributed by atoms with van der Waals surface area (Å²) in [4.78, 5) is 99.5. The number of nitrogens with one attached hydrogen (secondary N) is 3. The van der Waals surface area contributed by atoms with Gasteiger partial charge in [-0.2, -0.15) is 0 Å². The van der Waals surface area contributed by atoms with E-state index in [4.69, 9.17) is 54.3 Å². The third kappa shape index (κ3) is 20.2. The molecule has 0 saturated carbocycles. The Labute approximate surface area is 566 Å². The third-order valence-electron chi connectivity index (χ3n) is 16.7. The first kappa shape index (κ1) is 72.1. The molecule has 32 heteroatoms. The van der Waals surface area contributed by atoms with Crippen LogP contribution in [-0.2, 0) is 35.3 Å². The van der Waals surface area contributed by atoms with E-state index in [1.165, 1.54) is 25.1 Å². The quantitative estimate of drug-likeness (QED) is 0.0111. The van der Waals surface area contributed by atoms with E-state index in [9.17, 15) is 28.8 Å². The summed E-state index contributed by atoms with van der Waals surface area (Å²) in [5.41, 5.74) is 44.6. The number of pyridine rings is 3. The number of nitrogen functional groups attached to an aromatic ring is 3. The Bertz CT molecular complexity index is 3920. The molecule has 518 valence electrons. The van der Waals surface area contributed by atoms with Crippen LogP contribution in [0.3, 0.4) is 0 Å². The van der Waals surface area contributed by atoms with Crippen molar-refractivity contribution in [1.29, 1.82) is 0 Å². The molecule has 3 fully saturated rings. The summed E-state index contributed by atoms with van der Waals surface area (Å²) in [5.74, 6) is -1.54. The summed E-state index contributed by atoms with van der Waals surface area (Å²) >= 11 is 0. The van der Waals surface area contributed by atoms with Crippen LogP contribution >= 0.6 is 0 Å². The van der Waals surface area contributed by atoms with Gasteiger partial charge in [0.15, 0.2) is 34.7 Å². The minimum absolute atomic E-state index is 0.000398. The lowest BCUT2D eigenvalue weighted by Crippen LogP contribution is -2.48. The maximum Gasteiger partial charge on any atom is 0.328 e. The van der Waals surface area contributed by atoms with Gasteiger partial charge in [0.2, 0.25) is 17.7 Å². The van der Waals surface area contributed by atoms with Gasteiger partial charge in [0.05, 0.1) is 18.6 Å². The van der Waals surface area contributed by atoms with Crippen molar-refractivity contribution in [3.63, 3.8) is 0 Å². The highest BCUT2D eigenvalue weighted by Gasteiger charge is 2.35. The highest BCUT2D eigenvalue weighted by atomic mass is 16.5. The molecular weight excluding hydrogens is 1260 g/mol. The zero-order valence-corrected chi connectivity index (χ0v) is 55.1. The monoisotopic (exact) mass is 1340 g/mol. The van der Waals surface area contributed by atoms with Gasteiger partial charge in [-0.25, -0.2) is 24.5 Å². The van der Waals surface area contributed by atoms with Crippen LogP contribution in [0.2, 0.25) is 0 Å². The van der Waals surface area contributed by atoms with Crippen LogP contribution in [-0.4, -0.2) is 167 Å². The molecule has 17 N–H and O–H groups in total. The Morgan fingerprint density at radius 2 is 1.10 bits per heavy atom. The summed E-state index contributed by atoms with van der Waals surface area (Å²) < 4.78 is 18.2. The van der Waals surface area contributed by atoms with E-state index in [0.717, 1.165) is 43.4 Å². The molecule has 5 atom stereocenters. The summed E-state index contributed by atoms with van der Waals surface area (Å²) in [6.45, 7) is 6.12. The number of likely N-dealkylation sites (tertiary alicyclic amines) is 2. The van der Waals surface area contributed by atoms with Crippen molar-refractivity contribution < 1.29 is 43.0 Å². The van der Waals surface area contributed by atoms with Crippen LogP contribution in [0.1, 0.15) is 81.8 Å². The van der Waals surface area contributed by atoms with Crippen molar-refractivity contribution >= 4 is 105 Å². The second-order valence-corrected chi connectivity index (χ2v) is 24.2. The molecule has 98 heavy (non-hydrogen) atoms. The average Bonchev–Trinajstić information content (AvgIpc) is 0.811. The molecular formula is C66H85N23O9. The van der Waals surface area contributed by atoms with Crippen LogP contribution in [0.25, 0.3) is 0 Å². The fraction of sp³-hybridized carbons (Fsp3) is 0.409. The minimum atomic E-state index is -0.784. The largest absolute Gasteiger partial charge is 0.423 e. The number of hydrogen-bond acceptors (Lipinski definition) is 29. The van der Waals surface area contributed by atoms with Gasteiger partial charge >= 0.3 is 17.9 Å². The highest BCUT2D eigenvalue weighted by molar-refractivity contribution is 5.95. The molecule has 3 aromatic carbocycles. The van der Waals surface area contributed by atoms with Gasteiger partial charge in [-0.3, -0.25) is 38.8 Å². The minimum Gasteiger partial charge on any atom is -0.423 e. The molecule has 3 amide bonds. The van der Waals surface area contributed by atoms with Gasteiger partial charge in [0, 0.05) is 52.2 Å². The first-order valence-corrected chi connectivity index (χ1v) is 32.4. The lowest BCUT2D eigenvalue weighted by molar-refractivity contribution is -0.142. The van der Waals surface area contributed by atoms with Crippen LogP contribution in [0.4, 0.5) is 69.0 Å². The number of carbonyl (C=O) groups excluding carboxylic acids is 6. The van der Waals surface area contributed by atoms with Gasteiger partial charge in [-0.15, -0.1) is 30.7 Å². The second-order valence-electron chi connectivity index (χ2n) is 24.2. The summed E-state index contributed by atoms with van der Waals surface area (Å²) in [6.07, 6.45) is 5.55. The number of piperazine rings is 1. The Morgan fingerprint density at radius 3 is 1.70 bits per heavy atom. The van der Waals surface area contributed by atoms with Crippen molar-refractivity contribution in [2.45, 2.75) is 101 Å². The molecule has 6 aromatic rings. The lowest BCUT2D eigenvalue weighted by atomic mass is 9.87. The number of hydrogen-bond donors (Lipinski definition) is 10. The Hall–Kier alpha value is -10.2. The number of azo groups is 3. The average molecular weight is 1340 g/mol. The van der Waals surface area contributed by atoms with Crippen molar-refractivity contribution in [1.82, 2.24) is 34.6 Å². The summed E-state index contributed by atoms with van der Waals surface area (Å²) in [7, 11) is 3.74. The first-order chi connectivity index (χ1) is 47.2. The number of aromatic nitrogens is 3. The zero-order valence-electron chi connectivity index (χ0n) is 55.1. The maximum atomic E-state index is 14.5. The summed E-state index contributed by atoms with van der Waals surface area (Å²) in [5, 5.41) is 34.3. The molecule has 32 nitrogen and oxygen atoms in total. The Kier molecular flexibility index (Phi) is 25.5. The Balaban J connectivity index is 0.853. The van der Waals surface area contributed by atoms with Gasteiger partial charge < -0.3 is 70.3 Å². The van der Waals surface area contributed by atoms with E-state index in [1.807, 2.05) is 47.0 Å². The van der Waals surface area contributed by atoms with E-state index in [2.05, 4.69) is 66.5 Å². The smallest absolute Gasteiger partial charge is 0.328 e. The van der Waals surface area contributed by atoms with E-state index < -0.39 is 53.9 Å². The highest BCUT2D eigenvalue weighted by Crippen LogP contribution is 2.40. The molecule has 3 saturated heterocycles. The molecule has 0 aliphatic carbocycles. The van der Waals surface area contributed by atoms with Crippen LogP contribution in [0, 0.1) is 0 Å². The number of esters is 3. The van der Waals surface area contributed by atoms with Crippen molar-refractivity contribution in [2.24, 2.45) is 53.6 Å². The molecule has 0 radical (unpaired) electrons. The number of nitrogens with zero attached hydrogens (tertiary/aromatic N) is 13. The number of ether oxygens (including phenoxy) is 3. The number of unbranched alkanes of at least 4 members (excludes halogenated alkanes) is 1. The number of piperidine rings is 2. The number of anilines is 6. The molecule has 3 aromatic heterocycles. The molecule has 1 unspecified atom stereocenters. The number of para-hydroxylation sites is 1. The van der Waals surface area contributed by atoms with E-state index in [-0.39, 0.29) is 118 Å². The van der Waals surface area contributed by atoms with Gasteiger partial charge in [-0.1, -0.05) is 37.1 Å². The molecule has 3 aliphatic heterocycles. The van der Waals surface area contributed by atoms with Gasteiger partial charge in [0.1, 0.15) is 63.7 Å². The fourth-order valence-electron chi connectivity index (χ4n) is 11.2. The number of likely N-dealkylation sites (N-methyl/N-ethyl adjacent to an activating group) is 2. The van der Waals surface area contributed by atoms with Crippen LogP contribution in [0.15, 0.2) is 128 Å².